The van der Waals surface area contributed by atoms with Crippen molar-refractivity contribution >= 4 is 17.9 Å². The van der Waals surface area contributed by atoms with Crippen LogP contribution in [0, 0.1) is 0 Å². The topological polar surface area (TPSA) is 78.9 Å². The monoisotopic (exact) mass is 923 g/mol. The molecule has 0 aliphatic rings. The molecule has 0 spiro atoms. The highest BCUT2D eigenvalue weighted by atomic mass is 16.6. The number of carbonyl (C=O) groups is 3. The smallest absolute Gasteiger partial charge is 0.306 e. The van der Waals surface area contributed by atoms with Gasteiger partial charge in [-0.15, -0.1) is 0 Å². The molecule has 0 amide bonds. The van der Waals surface area contributed by atoms with E-state index < -0.39 is 6.10 Å². The Hall–Kier alpha value is -4.71. The first-order valence-corrected chi connectivity index (χ1v) is 26.4. The lowest BCUT2D eigenvalue weighted by Gasteiger charge is -2.18. The number of carbonyl (C=O) groups excluding carboxylic acids is 3. The Bertz CT molecular complexity index is 1530. The summed E-state index contributed by atoms with van der Waals surface area (Å²) in [4.78, 5) is 38.0. The fourth-order valence-corrected chi connectivity index (χ4v) is 6.53. The molecule has 0 rings (SSSR count). The predicted molar refractivity (Wildman–Crippen MR) is 288 cm³/mol. The van der Waals surface area contributed by atoms with Crippen LogP contribution in [0.5, 0.6) is 0 Å². The normalized spacial score (nSPS) is 13.3. The van der Waals surface area contributed by atoms with E-state index in [-0.39, 0.29) is 44.0 Å². The molecule has 0 aliphatic heterocycles. The molecule has 0 radical (unpaired) electrons. The van der Waals surface area contributed by atoms with Gasteiger partial charge in [-0.25, -0.2) is 0 Å². The van der Waals surface area contributed by atoms with Crippen molar-refractivity contribution in [3.63, 3.8) is 0 Å². The van der Waals surface area contributed by atoms with Crippen molar-refractivity contribution in [2.45, 2.75) is 207 Å². The second kappa shape index (κ2) is 53.9. The maximum absolute atomic E-state index is 12.8. The number of hydrogen-bond donors (Lipinski definition) is 0. The minimum atomic E-state index is -0.838. The van der Waals surface area contributed by atoms with E-state index in [1.165, 1.54) is 64.2 Å². The molecule has 0 saturated heterocycles. The van der Waals surface area contributed by atoms with Gasteiger partial charge in [0.2, 0.25) is 0 Å². The molecule has 0 bridgehead atoms. The maximum atomic E-state index is 12.8. The Kier molecular flexibility index (Phi) is 50.1. The molecule has 0 aromatic carbocycles. The second-order valence-electron chi connectivity index (χ2n) is 16.9. The Balaban J connectivity index is 4.63. The van der Waals surface area contributed by atoms with Crippen LogP contribution in [0.4, 0.5) is 0 Å². The third kappa shape index (κ3) is 52.1. The summed E-state index contributed by atoms with van der Waals surface area (Å²) in [7, 11) is 0. The van der Waals surface area contributed by atoms with Crippen LogP contribution in [0.1, 0.15) is 201 Å². The molecule has 0 saturated carbocycles. The van der Waals surface area contributed by atoms with Crippen molar-refractivity contribution < 1.29 is 28.6 Å². The minimum Gasteiger partial charge on any atom is -0.462 e. The van der Waals surface area contributed by atoms with Gasteiger partial charge in [-0.05, 0) is 103 Å². The molecular weight excluding hydrogens is 829 g/mol. The van der Waals surface area contributed by atoms with E-state index in [0.717, 1.165) is 83.5 Å². The molecule has 374 valence electrons. The van der Waals surface area contributed by atoms with E-state index in [1.54, 1.807) is 0 Å². The lowest BCUT2D eigenvalue weighted by Crippen LogP contribution is -2.30. The van der Waals surface area contributed by atoms with E-state index in [2.05, 4.69) is 93.7 Å². The van der Waals surface area contributed by atoms with Crippen molar-refractivity contribution in [3.8, 4) is 0 Å². The molecule has 0 aliphatic carbocycles. The zero-order chi connectivity index (χ0) is 48.6. The highest BCUT2D eigenvalue weighted by Gasteiger charge is 2.19. The highest BCUT2D eigenvalue weighted by molar-refractivity contribution is 5.71. The third-order valence-electron chi connectivity index (χ3n) is 10.5. The van der Waals surface area contributed by atoms with Crippen LogP contribution in [0.3, 0.4) is 0 Å². The number of ether oxygens (including phenoxy) is 3. The Labute approximate surface area is 410 Å². The average Bonchev–Trinajstić information content (AvgIpc) is 3.33. The van der Waals surface area contributed by atoms with Crippen LogP contribution >= 0.6 is 0 Å². The lowest BCUT2D eigenvalue weighted by molar-refractivity contribution is -0.167. The van der Waals surface area contributed by atoms with E-state index >= 15 is 0 Å². The van der Waals surface area contributed by atoms with Crippen LogP contribution < -0.4 is 0 Å². The number of hydrogen-bond acceptors (Lipinski definition) is 6. The molecule has 0 heterocycles. The quantitative estimate of drug-likeness (QED) is 0.0199. The van der Waals surface area contributed by atoms with Crippen LogP contribution in [0.2, 0.25) is 0 Å². The van der Waals surface area contributed by atoms with Gasteiger partial charge in [0.05, 0.1) is 0 Å². The van der Waals surface area contributed by atoms with Crippen LogP contribution in [-0.4, -0.2) is 37.2 Å². The molecule has 1 unspecified atom stereocenters. The Morgan fingerprint density at radius 2 is 0.657 bits per heavy atom. The van der Waals surface area contributed by atoms with Gasteiger partial charge in [-0.1, -0.05) is 224 Å². The molecule has 6 heteroatoms. The first kappa shape index (κ1) is 62.3. The minimum absolute atomic E-state index is 0.129. The van der Waals surface area contributed by atoms with E-state index in [1.807, 2.05) is 72.9 Å². The van der Waals surface area contributed by atoms with Gasteiger partial charge in [-0.3, -0.25) is 14.4 Å². The van der Waals surface area contributed by atoms with Crippen molar-refractivity contribution in [3.05, 3.63) is 146 Å². The molecule has 67 heavy (non-hydrogen) atoms. The highest BCUT2D eigenvalue weighted by Crippen LogP contribution is 2.11. The van der Waals surface area contributed by atoms with Crippen LogP contribution in [0.25, 0.3) is 0 Å². The van der Waals surface area contributed by atoms with Crippen LogP contribution in [0.15, 0.2) is 146 Å². The van der Waals surface area contributed by atoms with Crippen molar-refractivity contribution in [2.75, 3.05) is 13.2 Å². The van der Waals surface area contributed by atoms with Crippen molar-refractivity contribution in [2.24, 2.45) is 0 Å². The molecule has 0 fully saturated rings. The van der Waals surface area contributed by atoms with Crippen molar-refractivity contribution in [1.82, 2.24) is 0 Å². The fourth-order valence-electron chi connectivity index (χ4n) is 6.53. The lowest BCUT2D eigenvalue weighted by atomic mass is 10.1. The van der Waals surface area contributed by atoms with Gasteiger partial charge in [-0.2, -0.15) is 0 Å². The SMILES string of the molecule is CC\C=C/C=C\C=C/C=C\C=C\C=C/C=C\CCCCCC(=O)OCC(COC(=O)CCCCC/C=C\CCCCCCCC)OC(=O)CCC/C=C\C/C=C\C/C=C\C/C=C\CCCCC. The molecular formula is C61H94O6. The summed E-state index contributed by atoms with van der Waals surface area (Å²) in [5, 5.41) is 0. The fraction of sp³-hybridized carbons (Fsp3) is 0.557. The molecule has 0 aromatic heterocycles. The third-order valence-corrected chi connectivity index (χ3v) is 10.5. The van der Waals surface area contributed by atoms with Gasteiger partial charge in [0.1, 0.15) is 13.2 Å². The average molecular weight is 923 g/mol. The molecule has 6 nitrogen and oxygen atoms in total. The zero-order valence-corrected chi connectivity index (χ0v) is 42.6. The first-order chi connectivity index (χ1) is 33.0. The first-order valence-electron chi connectivity index (χ1n) is 26.4. The van der Waals surface area contributed by atoms with Gasteiger partial charge < -0.3 is 14.2 Å². The van der Waals surface area contributed by atoms with E-state index in [4.69, 9.17) is 14.2 Å². The number of unbranched alkanes of at least 4 members (excludes halogenated alkanes) is 16. The van der Waals surface area contributed by atoms with Gasteiger partial charge >= 0.3 is 17.9 Å². The summed E-state index contributed by atoms with van der Waals surface area (Å²) in [6, 6.07) is 0. The van der Waals surface area contributed by atoms with Gasteiger partial charge in [0.15, 0.2) is 6.10 Å². The largest absolute Gasteiger partial charge is 0.462 e. The summed E-state index contributed by atoms with van der Waals surface area (Å²) in [6.45, 7) is 6.33. The predicted octanol–water partition coefficient (Wildman–Crippen LogP) is 17.6. The Morgan fingerprint density at radius 3 is 1.13 bits per heavy atom. The summed E-state index contributed by atoms with van der Waals surface area (Å²) in [6.07, 6.45) is 76.9. The number of allylic oxidation sites excluding steroid dienone is 24. The van der Waals surface area contributed by atoms with Gasteiger partial charge in [0.25, 0.3) is 0 Å². The second-order valence-corrected chi connectivity index (χ2v) is 16.9. The van der Waals surface area contributed by atoms with E-state index in [9.17, 15) is 14.4 Å². The van der Waals surface area contributed by atoms with E-state index in [0.29, 0.717) is 19.3 Å². The summed E-state index contributed by atoms with van der Waals surface area (Å²) in [5.41, 5.74) is 0. The van der Waals surface area contributed by atoms with Crippen LogP contribution in [-0.2, 0) is 28.6 Å². The molecule has 0 aromatic rings. The summed E-state index contributed by atoms with van der Waals surface area (Å²) in [5.74, 6) is -1.06. The molecule has 0 N–H and O–H groups in total. The maximum Gasteiger partial charge on any atom is 0.306 e. The summed E-state index contributed by atoms with van der Waals surface area (Å²) < 4.78 is 16.7. The summed E-state index contributed by atoms with van der Waals surface area (Å²) >= 11 is 0. The Morgan fingerprint density at radius 1 is 0.328 bits per heavy atom. The van der Waals surface area contributed by atoms with Crippen molar-refractivity contribution in [1.29, 1.82) is 0 Å². The number of rotatable bonds is 45. The zero-order valence-electron chi connectivity index (χ0n) is 42.6. The molecule has 1 atom stereocenters. The number of esters is 3. The van der Waals surface area contributed by atoms with Gasteiger partial charge in [0, 0.05) is 19.3 Å². The standard InChI is InChI=1S/C61H94O6/c1-4-7-10-13-16-19-22-25-27-29-30-32-33-36-39-42-45-48-51-54-60(63)66-57-58(56-65-59(62)53-50-47-44-41-38-35-24-21-18-15-12-9-6-3)67-61(64)55-52-49-46-43-40-37-34-31-28-26-23-20-17-14-11-8-5-2/h7,10,13,16-17,19-20,22,25-30,32-39,43,46,58H,4-6,8-9,11-12,14-15,18,21,23-24,31,40-42,44-45,47-57H2,1-3H3/b10-7-,16-13-,20-17-,22-19-,27-25-,28-26-,30-29+,33-32-,37-34-,38-35-,39-36-,46-43-.